The lowest BCUT2D eigenvalue weighted by atomic mass is 10.0. The zero-order valence-electron chi connectivity index (χ0n) is 11.6. The smallest absolute Gasteiger partial charge is 0.169 e. The first-order valence-corrected chi connectivity index (χ1v) is 8.44. The predicted molar refractivity (Wildman–Crippen MR) is 93.6 cm³/mol. The largest absolute Gasteiger partial charge is 0.452 e. The lowest BCUT2D eigenvalue weighted by Gasteiger charge is -2.16. The zero-order chi connectivity index (χ0) is 14.8. The zero-order valence-corrected chi connectivity index (χ0v) is 14.7. The van der Waals surface area contributed by atoms with Crippen molar-refractivity contribution >= 4 is 42.6 Å². The number of nitrogens with one attached hydrogen (secondary N) is 1. The Morgan fingerprint density at radius 3 is 2.48 bits per heavy atom. The molecule has 1 aromatic heterocycles. The quantitative estimate of drug-likeness (QED) is 0.602. The summed E-state index contributed by atoms with van der Waals surface area (Å²) in [6.45, 7) is 2.98. The van der Waals surface area contributed by atoms with Gasteiger partial charge in [-0.15, -0.1) is 0 Å². The molecule has 2 nitrogen and oxygen atoms in total. The summed E-state index contributed by atoms with van der Waals surface area (Å²) in [4.78, 5) is 0. The van der Waals surface area contributed by atoms with Gasteiger partial charge >= 0.3 is 0 Å². The summed E-state index contributed by atoms with van der Waals surface area (Å²) in [6, 6.07) is 16.8. The molecule has 1 heterocycles. The van der Waals surface area contributed by atoms with E-state index in [2.05, 4.69) is 80.5 Å². The number of furan rings is 1. The van der Waals surface area contributed by atoms with Gasteiger partial charge < -0.3 is 9.73 Å². The molecule has 3 aromatic rings. The molecule has 2 aromatic carbocycles. The molecule has 21 heavy (non-hydrogen) atoms. The molecule has 1 unspecified atom stereocenters. The van der Waals surface area contributed by atoms with E-state index in [1.807, 2.05) is 12.1 Å². The molecule has 0 spiro atoms. The van der Waals surface area contributed by atoms with Crippen molar-refractivity contribution in [2.45, 2.75) is 13.0 Å². The van der Waals surface area contributed by atoms with Crippen molar-refractivity contribution in [3.05, 3.63) is 69.0 Å². The van der Waals surface area contributed by atoms with E-state index in [4.69, 9.17) is 4.42 Å². The van der Waals surface area contributed by atoms with Crippen molar-refractivity contribution in [1.29, 1.82) is 0 Å². The average molecular weight is 409 g/mol. The molecule has 1 N–H and O–H groups in total. The third-order valence-electron chi connectivity index (χ3n) is 3.45. The van der Waals surface area contributed by atoms with E-state index >= 15 is 0 Å². The van der Waals surface area contributed by atoms with Gasteiger partial charge in [-0.3, -0.25) is 0 Å². The van der Waals surface area contributed by atoms with Crippen LogP contribution in [0.25, 0.3) is 10.8 Å². The van der Waals surface area contributed by atoms with Gasteiger partial charge in [0, 0.05) is 4.47 Å². The SMILES string of the molecule is CCNC(c1ccc2cc(Br)ccc2c1)c1ccc(Br)o1. The van der Waals surface area contributed by atoms with Crippen LogP contribution in [0.3, 0.4) is 0 Å². The molecule has 108 valence electrons. The van der Waals surface area contributed by atoms with Crippen molar-refractivity contribution in [2.24, 2.45) is 0 Å². The van der Waals surface area contributed by atoms with E-state index < -0.39 is 0 Å². The minimum Gasteiger partial charge on any atom is -0.452 e. The Morgan fingerprint density at radius 2 is 1.76 bits per heavy atom. The number of halogens is 2. The molecule has 0 bridgehead atoms. The summed E-state index contributed by atoms with van der Waals surface area (Å²) in [5, 5.41) is 5.93. The Bertz CT molecular complexity index is 766. The molecule has 0 amide bonds. The number of rotatable bonds is 4. The van der Waals surface area contributed by atoms with E-state index in [1.165, 1.54) is 16.3 Å². The van der Waals surface area contributed by atoms with Crippen molar-refractivity contribution in [2.75, 3.05) is 6.54 Å². The second-order valence-electron chi connectivity index (χ2n) is 4.88. The molecular weight excluding hydrogens is 394 g/mol. The van der Waals surface area contributed by atoms with Gasteiger partial charge in [0.15, 0.2) is 4.67 Å². The van der Waals surface area contributed by atoms with Gasteiger partial charge in [-0.05, 0) is 69.1 Å². The Balaban J connectivity index is 2.04. The fraction of sp³-hybridized carbons (Fsp3) is 0.176. The van der Waals surface area contributed by atoms with Crippen molar-refractivity contribution in [1.82, 2.24) is 5.32 Å². The van der Waals surface area contributed by atoms with Gasteiger partial charge in [0.25, 0.3) is 0 Å². The van der Waals surface area contributed by atoms with Crippen LogP contribution in [0.2, 0.25) is 0 Å². The normalized spacial score (nSPS) is 12.7. The maximum absolute atomic E-state index is 5.73. The molecule has 0 saturated carbocycles. The van der Waals surface area contributed by atoms with Gasteiger partial charge in [-0.1, -0.05) is 41.1 Å². The van der Waals surface area contributed by atoms with E-state index in [-0.39, 0.29) is 6.04 Å². The minimum atomic E-state index is 0.0642. The van der Waals surface area contributed by atoms with Gasteiger partial charge in [0.2, 0.25) is 0 Å². The summed E-state index contributed by atoms with van der Waals surface area (Å²) >= 11 is 6.88. The Kier molecular flexibility index (Phi) is 4.48. The topological polar surface area (TPSA) is 25.2 Å². The third kappa shape index (κ3) is 3.23. The summed E-state index contributed by atoms with van der Waals surface area (Å²) in [6.07, 6.45) is 0. The van der Waals surface area contributed by atoms with Crippen LogP contribution in [-0.2, 0) is 0 Å². The highest BCUT2D eigenvalue weighted by atomic mass is 79.9. The Morgan fingerprint density at radius 1 is 1.00 bits per heavy atom. The monoisotopic (exact) mass is 407 g/mol. The number of hydrogen-bond acceptors (Lipinski definition) is 2. The van der Waals surface area contributed by atoms with Crippen molar-refractivity contribution in [3.63, 3.8) is 0 Å². The van der Waals surface area contributed by atoms with Crippen LogP contribution in [0.4, 0.5) is 0 Å². The lowest BCUT2D eigenvalue weighted by molar-refractivity contribution is 0.438. The summed E-state index contributed by atoms with van der Waals surface area (Å²) in [7, 11) is 0. The first-order valence-electron chi connectivity index (χ1n) is 6.85. The molecule has 0 aliphatic carbocycles. The molecular formula is C17H15Br2NO. The van der Waals surface area contributed by atoms with E-state index in [1.54, 1.807) is 0 Å². The predicted octanol–water partition coefficient (Wildman–Crippen LogP) is 5.66. The average Bonchev–Trinajstić information content (AvgIpc) is 2.90. The van der Waals surface area contributed by atoms with Gasteiger partial charge in [0.05, 0.1) is 6.04 Å². The van der Waals surface area contributed by atoms with Crippen LogP contribution < -0.4 is 5.32 Å². The Hall–Kier alpha value is -1.10. The number of hydrogen-bond donors (Lipinski definition) is 1. The lowest BCUT2D eigenvalue weighted by Crippen LogP contribution is -2.21. The second kappa shape index (κ2) is 6.34. The fourth-order valence-corrected chi connectivity index (χ4v) is 3.18. The maximum Gasteiger partial charge on any atom is 0.169 e. The highest BCUT2D eigenvalue weighted by molar-refractivity contribution is 9.10. The molecule has 0 fully saturated rings. The first kappa shape index (κ1) is 14.8. The molecule has 0 aliphatic heterocycles. The first-order chi connectivity index (χ1) is 10.2. The van der Waals surface area contributed by atoms with Gasteiger partial charge in [0.1, 0.15) is 5.76 Å². The van der Waals surface area contributed by atoms with Crippen LogP contribution in [0.5, 0.6) is 0 Å². The van der Waals surface area contributed by atoms with Gasteiger partial charge in [-0.2, -0.15) is 0 Å². The molecule has 4 heteroatoms. The summed E-state index contributed by atoms with van der Waals surface area (Å²) in [5.74, 6) is 0.917. The standard InChI is InChI=1S/C17H15Br2NO/c1-2-20-17(15-7-8-16(19)21-15)13-4-3-12-10-14(18)6-5-11(12)9-13/h3-10,17,20H,2H2,1H3. The summed E-state index contributed by atoms with van der Waals surface area (Å²) in [5.41, 5.74) is 1.20. The molecule has 0 aliphatic rings. The number of fused-ring (bicyclic) bond motifs is 1. The van der Waals surface area contributed by atoms with Crippen LogP contribution >= 0.6 is 31.9 Å². The molecule has 0 radical (unpaired) electrons. The van der Waals surface area contributed by atoms with Crippen LogP contribution in [0, 0.1) is 0 Å². The highest BCUT2D eigenvalue weighted by Gasteiger charge is 2.17. The van der Waals surface area contributed by atoms with Crippen molar-refractivity contribution in [3.8, 4) is 0 Å². The van der Waals surface area contributed by atoms with Crippen LogP contribution in [0.1, 0.15) is 24.3 Å². The second-order valence-corrected chi connectivity index (χ2v) is 6.58. The third-order valence-corrected chi connectivity index (χ3v) is 4.37. The fourth-order valence-electron chi connectivity index (χ4n) is 2.48. The van der Waals surface area contributed by atoms with E-state index in [0.29, 0.717) is 0 Å². The highest BCUT2D eigenvalue weighted by Crippen LogP contribution is 2.29. The van der Waals surface area contributed by atoms with Crippen molar-refractivity contribution < 1.29 is 4.42 Å². The summed E-state index contributed by atoms with van der Waals surface area (Å²) < 4.78 is 7.58. The van der Waals surface area contributed by atoms with E-state index in [0.717, 1.165) is 21.4 Å². The maximum atomic E-state index is 5.73. The van der Waals surface area contributed by atoms with Gasteiger partial charge in [-0.25, -0.2) is 0 Å². The molecule has 0 saturated heterocycles. The van der Waals surface area contributed by atoms with Crippen LogP contribution in [0.15, 0.2) is 62.1 Å². The molecule has 1 atom stereocenters. The molecule has 3 rings (SSSR count). The van der Waals surface area contributed by atoms with E-state index in [9.17, 15) is 0 Å². The number of benzene rings is 2. The van der Waals surface area contributed by atoms with Crippen LogP contribution in [-0.4, -0.2) is 6.54 Å². The Labute approximate surface area is 140 Å². The minimum absolute atomic E-state index is 0.0642.